The fourth-order valence-corrected chi connectivity index (χ4v) is 0. The Balaban J connectivity index is -0.0000000793. The Morgan fingerprint density at radius 2 is 0.737 bits per heavy atom. The zero-order valence-electron chi connectivity index (χ0n) is 13.8. The van der Waals surface area contributed by atoms with Crippen LogP contribution in [0.3, 0.4) is 0 Å². The van der Waals surface area contributed by atoms with Gasteiger partial charge < -0.3 is 32.3 Å². The molecule has 0 bridgehead atoms. The first-order chi connectivity index (χ1) is 8.54. The standard InChI is InChI=1S/3C4H11N.BO3/c3*1-3-4(2)5;2-1(3)4/h3*4H,3,5H2,1-2H3;/q;;;-3/p+3. The Bertz CT molecular complexity index is 116. The summed E-state index contributed by atoms with van der Waals surface area (Å²) < 4.78 is 0. The molecule has 0 aliphatic rings. The molecule has 0 aromatic carbocycles. The highest BCUT2D eigenvalue weighted by atomic mass is 16.5. The first kappa shape index (κ1) is 27.2. The molecule has 3 unspecified atom stereocenters. The third-order valence-electron chi connectivity index (χ3n) is 2.09. The smallest absolute Gasteiger partial charge is 0.0812 e. The average molecular weight is 281 g/mol. The van der Waals surface area contributed by atoms with Crippen LogP contribution in [0, 0.1) is 0 Å². The molecule has 0 aromatic heterocycles. The van der Waals surface area contributed by atoms with Gasteiger partial charge >= 0.3 is 0 Å². The van der Waals surface area contributed by atoms with E-state index in [9.17, 15) is 0 Å². The predicted molar refractivity (Wildman–Crippen MR) is 73.7 cm³/mol. The van der Waals surface area contributed by atoms with Crippen molar-refractivity contribution in [2.45, 2.75) is 78.9 Å². The maximum Gasteiger partial charge on any atom is 0.0812 e. The zero-order valence-corrected chi connectivity index (χ0v) is 13.8. The minimum absolute atomic E-state index is 0.634. The number of quaternary nitrogens is 3. The Hall–Kier alpha value is -0.175. The molecule has 0 amide bonds. The van der Waals surface area contributed by atoms with Crippen LogP contribution in [-0.2, 0) is 0 Å². The van der Waals surface area contributed by atoms with Crippen LogP contribution in [0.25, 0.3) is 0 Å². The maximum absolute atomic E-state index is 8.42. The number of hydrogen-bond donors (Lipinski definition) is 3. The van der Waals surface area contributed by atoms with E-state index in [4.69, 9.17) is 15.1 Å². The van der Waals surface area contributed by atoms with Crippen LogP contribution in [0.2, 0.25) is 0 Å². The Kier molecular flexibility index (Phi) is 32.9. The molecule has 0 saturated heterocycles. The van der Waals surface area contributed by atoms with Gasteiger partial charge in [0.1, 0.15) is 0 Å². The van der Waals surface area contributed by atoms with Crippen molar-refractivity contribution in [2.75, 3.05) is 0 Å². The molecule has 0 fully saturated rings. The summed E-state index contributed by atoms with van der Waals surface area (Å²) in [6.07, 6.45) is 3.58. The van der Waals surface area contributed by atoms with Gasteiger partial charge in [-0.3, -0.25) is 7.32 Å². The average Bonchev–Trinajstić information content (AvgIpc) is 2.29. The van der Waals surface area contributed by atoms with E-state index in [1.54, 1.807) is 0 Å². The van der Waals surface area contributed by atoms with Crippen molar-refractivity contribution in [3.63, 3.8) is 0 Å². The number of rotatable bonds is 3. The molecule has 0 saturated carbocycles. The van der Waals surface area contributed by atoms with Gasteiger partial charge in [-0.25, -0.2) is 0 Å². The van der Waals surface area contributed by atoms with Gasteiger partial charge in [0.05, 0.1) is 18.1 Å². The molecule has 3 atom stereocenters. The Morgan fingerprint density at radius 1 is 0.684 bits per heavy atom. The molecule has 0 heterocycles. The monoisotopic (exact) mass is 281 g/mol. The van der Waals surface area contributed by atoms with Crippen molar-refractivity contribution in [2.24, 2.45) is 0 Å². The van der Waals surface area contributed by atoms with Crippen LogP contribution >= 0.6 is 0 Å². The van der Waals surface area contributed by atoms with E-state index in [2.05, 4.69) is 58.7 Å². The topological polar surface area (TPSA) is 152 Å². The summed E-state index contributed by atoms with van der Waals surface area (Å²) in [6, 6.07) is 1.90. The second-order valence-corrected chi connectivity index (χ2v) is 4.83. The van der Waals surface area contributed by atoms with Gasteiger partial charge in [0, 0.05) is 0 Å². The van der Waals surface area contributed by atoms with Gasteiger partial charge in [0.15, 0.2) is 0 Å². The minimum atomic E-state index is -2.92. The molecule has 0 aromatic rings. The molecule has 120 valence electrons. The van der Waals surface area contributed by atoms with E-state index < -0.39 is 7.32 Å². The molecule has 0 aliphatic carbocycles. The highest BCUT2D eigenvalue weighted by molar-refractivity contribution is 6.24. The normalized spacial score (nSPS) is 13.3. The molecule has 9 N–H and O–H groups in total. The van der Waals surface area contributed by atoms with Gasteiger partial charge in [-0.05, 0) is 40.0 Å². The van der Waals surface area contributed by atoms with Gasteiger partial charge in [-0.1, -0.05) is 20.8 Å². The van der Waals surface area contributed by atoms with Crippen LogP contribution < -0.4 is 32.3 Å². The Labute approximate surface area is 119 Å². The van der Waals surface area contributed by atoms with Crippen LogP contribution in [0.4, 0.5) is 0 Å². The van der Waals surface area contributed by atoms with Crippen molar-refractivity contribution < 1.29 is 32.3 Å². The third-order valence-corrected chi connectivity index (χ3v) is 2.09. The molecule has 0 radical (unpaired) electrons. The highest BCUT2D eigenvalue weighted by Gasteiger charge is 1.85. The summed E-state index contributed by atoms with van der Waals surface area (Å²) in [7, 11) is -2.92. The van der Waals surface area contributed by atoms with E-state index in [1.165, 1.54) is 19.3 Å². The van der Waals surface area contributed by atoms with Crippen molar-refractivity contribution in [1.82, 2.24) is 0 Å². The lowest BCUT2D eigenvalue weighted by atomic mass is 10.3. The zero-order chi connectivity index (χ0) is 16.4. The summed E-state index contributed by atoms with van der Waals surface area (Å²) in [5.74, 6) is 0. The Morgan fingerprint density at radius 3 is 0.737 bits per heavy atom. The van der Waals surface area contributed by atoms with E-state index >= 15 is 0 Å². The quantitative estimate of drug-likeness (QED) is 0.454. The fourth-order valence-electron chi connectivity index (χ4n) is 0. The number of hydrogen-bond acceptors (Lipinski definition) is 3. The molecule has 0 rings (SSSR count). The molecule has 0 aliphatic heterocycles. The third kappa shape index (κ3) is 132. The van der Waals surface area contributed by atoms with E-state index in [0.717, 1.165) is 0 Å². The largest absolute Gasteiger partial charge is 0.907 e. The lowest BCUT2D eigenvalue weighted by Crippen LogP contribution is -2.58. The van der Waals surface area contributed by atoms with Gasteiger partial charge in [0.25, 0.3) is 0 Å². The second-order valence-electron chi connectivity index (χ2n) is 4.83. The summed E-state index contributed by atoms with van der Waals surface area (Å²) in [4.78, 5) is 0. The van der Waals surface area contributed by atoms with Crippen molar-refractivity contribution in [1.29, 1.82) is 0 Å². The minimum Gasteiger partial charge on any atom is -0.907 e. The van der Waals surface area contributed by atoms with E-state index in [1.807, 2.05) is 0 Å². The molecular formula is C12H36BN3O3. The first-order valence-corrected chi connectivity index (χ1v) is 7.01. The lowest BCUT2D eigenvalue weighted by molar-refractivity contribution is -0.479. The van der Waals surface area contributed by atoms with Gasteiger partial charge in [-0.15, -0.1) is 0 Å². The molecule has 0 spiro atoms. The van der Waals surface area contributed by atoms with Crippen LogP contribution in [-0.4, -0.2) is 25.4 Å². The van der Waals surface area contributed by atoms with Crippen molar-refractivity contribution in [3.8, 4) is 0 Å². The lowest BCUT2D eigenvalue weighted by Gasteiger charge is -2.35. The fraction of sp³-hybridized carbons (Fsp3) is 1.00. The summed E-state index contributed by atoms with van der Waals surface area (Å²) >= 11 is 0. The SMILES string of the molecule is CCC(C)[NH3+].CCC(C)[NH3+].CCC(C)[NH3+].[O-]B([O-])[O-]. The second kappa shape index (κ2) is 23.0. The van der Waals surface area contributed by atoms with Crippen LogP contribution in [0.15, 0.2) is 0 Å². The summed E-state index contributed by atoms with van der Waals surface area (Å²) in [5.41, 5.74) is 11.3. The van der Waals surface area contributed by atoms with Gasteiger partial charge in [-0.2, -0.15) is 0 Å². The molecular weight excluding hydrogens is 245 g/mol. The molecule has 6 nitrogen and oxygen atoms in total. The van der Waals surface area contributed by atoms with Crippen LogP contribution in [0.1, 0.15) is 60.8 Å². The van der Waals surface area contributed by atoms with Crippen molar-refractivity contribution >= 4 is 7.32 Å². The van der Waals surface area contributed by atoms with Gasteiger partial charge in [0.2, 0.25) is 0 Å². The van der Waals surface area contributed by atoms with Crippen molar-refractivity contribution in [3.05, 3.63) is 0 Å². The molecule has 7 heteroatoms. The predicted octanol–water partition coefficient (Wildman–Crippen LogP) is -3.87. The molecule has 19 heavy (non-hydrogen) atoms. The summed E-state index contributed by atoms with van der Waals surface area (Å²) in [5, 5.41) is 25.2. The van der Waals surface area contributed by atoms with E-state index in [0.29, 0.717) is 18.1 Å². The van der Waals surface area contributed by atoms with E-state index in [-0.39, 0.29) is 0 Å². The summed E-state index contributed by atoms with van der Waals surface area (Å²) in [6.45, 7) is 12.7. The first-order valence-electron chi connectivity index (χ1n) is 7.01. The maximum atomic E-state index is 8.42. The van der Waals surface area contributed by atoms with Crippen LogP contribution in [0.5, 0.6) is 0 Å². The highest BCUT2D eigenvalue weighted by Crippen LogP contribution is 1.74.